The van der Waals surface area contributed by atoms with E-state index >= 15 is 0 Å². The lowest BCUT2D eigenvalue weighted by Crippen LogP contribution is -2.26. The van der Waals surface area contributed by atoms with Gasteiger partial charge in [-0.2, -0.15) is 0 Å². The quantitative estimate of drug-likeness (QED) is 0.854. The highest BCUT2D eigenvalue weighted by Gasteiger charge is 2.19. The number of rotatable bonds is 3. The largest absolute Gasteiger partial charge is 0.508 e. The first-order valence-corrected chi connectivity index (χ1v) is 7.85. The lowest BCUT2D eigenvalue weighted by molar-refractivity contribution is 0.103. The van der Waals surface area contributed by atoms with E-state index in [1.807, 2.05) is 0 Å². The summed E-state index contributed by atoms with van der Waals surface area (Å²) in [6, 6.07) is 6.88. The number of phenolic OH excluding ortho intramolecular Hbond substituents is 2. The second-order valence-corrected chi connectivity index (χ2v) is 5.99. The van der Waals surface area contributed by atoms with Crippen molar-refractivity contribution in [2.24, 2.45) is 0 Å². The number of aromatic hydroxyl groups is 2. The number of ketones is 1. The van der Waals surface area contributed by atoms with Crippen molar-refractivity contribution in [1.82, 2.24) is 4.57 Å². The molecule has 23 heavy (non-hydrogen) atoms. The molecule has 0 amide bonds. The highest BCUT2D eigenvalue weighted by Crippen LogP contribution is 2.28. The second kappa shape index (κ2) is 6.28. The van der Waals surface area contributed by atoms with Crippen molar-refractivity contribution in [3.8, 4) is 11.5 Å². The average Bonchev–Trinajstić information content (AvgIpc) is 2.55. The van der Waals surface area contributed by atoms with Crippen LogP contribution in [0, 0.1) is 0 Å². The van der Waals surface area contributed by atoms with Gasteiger partial charge in [-0.05, 0) is 31.0 Å². The Labute approximate surface area is 133 Å². The lowest BCUT2D eigenvalue weighted by Gasteiger charge is -2.24. The summed E-state index contributed by atoms with van der Waals surface area (Å²) < 4.78 is 1.64. The molecule has 1 aromatic carbocycles. The molecule has 1 aliphatic carbocycles. The first-order valence-electron chi connectivity index (χ1n) is 7.85. The maximum Gasteiger partial charge on any atom is 0.250 e. The van der Waals surface area contributed by atoms with Crippen molar-refractivity contribution in [2.45, 2.75) is 38.1 Å². The number of pyridine rings is 1. The molecular formula is C18H19NO4. The number of benzene rings is 1. The molecule has 5 heteroatoms. The summed E-state index contributed by atoms with van der Waals surface area (Å²) in [5, 5.41) is 19.2. The van der Waals surface area contributed by atoms with Crippen molar-refractivity contribution in [3.63, 3.8) is 0 Å². The standard InChI is InChI=1S/C18H19NO4/c20-14-7-8-15(16(21)10-14)18(23)12-6-9-17(22)19(11-12)13-4-2-1-3-5-13/h6-11,13,20-21H,1-5H2. The molecule has 0 atom stereocenters. The van der Waals surface area contributed by atoms with Crippen LogP contribution in [0.4, 0.5) is 0 Å². The first-order chi connectivity index (χ1) is 11.1. The minimum absolute atomic E-state index is 0.105. The first kappa shape index (κ1) is 15.3. The fourth-order valence-corrected chi connectivity index (χ4v) is 3.15. The second-order valence-electron chi connectivity index (χ2n) is 5.99. The van der Waals surface area contributed by atoms with E-state index in [9.17, 15) is 19.8 Å². The molecule has 0 spiro atoms. The molecule has 2 N–H and O–H groups in total. The van der Waals surface area contributed by atoms with E-state index < -0.39 is 0 Å². The van der Waals surface area contributed by atoms with Gasteiger partial charge in [-0.25, -0.2) is 0 Å². The van der Waals surface area contributed by atoms with Gasteiger partial charge in [-0.15, -0.1) is 0 Å². The highest BCUT2D eigenvalue weighted by molar-refractivity contribution is 6.10. The van der Waals surface area contributed by atoms with Gasteiger partial charge in [0.15, 0.2) is 5.78 Å². The maximum absolute atomic E-state index is 12.6. The van der Waals surface area contributed by atoms with E-state index in [4.69, 9.17) is 0 Å². The Kier molecular flexibility index (Phi) is 4.19. The van der Waals surface area contributed by atoms with Crippen LogP contribution < -0.4 is 5.56 Å². The van der Waals surface area contributed by atoms with Gasteiger partial charge in [0.05, 0.1) is 5.56 Å². The number of phenols is 2. The van der Waals surface area contributed by atoms with Gasteiger partial charge in [0.25, 0.3) is 5.56 Å². The molecule has 0 saturated heterocycles. The van der Waals surface area contributed by atoms with E-state index in [0.717, 1.165) is 31.7 Å². The van der Waals surface area contributed by atoms with Crippen molar-refractivity contribution in [1.29, 1.82) is 0 Å². The summed E-state index contributed by atoms with van der Waals surface area (Å²) in [5.41, 5.74) is 0.358. The predicted octanol–water partition coefficient (Wildman–Crippen LogP) is 3.00. The topological polar surface area (TPSA) is 79.5 Å². The Bertz CT molecular complexity index is 788. The van der Waals surface area contributed by atoms with E-state index in [1.165, 1.54) is 30.7 Å². The van der Waals surface area contributed by atoms with Crippen LogP contribution >= 0.6 is 0 Å². The molecule has 2 aromatic rings. The van der Waals surface area contributed by atoms with Gasteiger partial charge in [0.1, 0.15) is 11.5 Å². The SMILES string of the molecule is O=C(c1ccc(=O)n(C2CCCCC2)c1)c1ccc(O)cc1O. The van der Waals surface area contributed by atoms with E-state index in [-0.39, 0.29) is 34.4 Å². The van der Waals surface area contributed by atoms with Gasteiger partial charge in [-0.1, -0.05) is 19.3 Å². The van der Waals surface area contributed by atoms with Crippen LogP contribution in [-0.4, -0.2) is 20.6 Å². The summed E-state index contributed by atoms with van der Waals surface area (Å²) in [6.07, 6.45) is 6.85. The third-order valence-corrected chi connectivity index (χ3v) is 4.39. The zero-order valence-corrected chi connectivity index (χ0v) is 12.7. The molecule has 1 saturated carbocycles. The predicted molar refractivity (Wildman–Crippen MR) is 86.0 cm³/mol. The van der Waals surface area contributed by atoms with Crippen LogP contribution in [0.2, 0.25) is 0 Å². The molecule has 1 fully saturated rings. The summed E-state index contributed by atoms with van der Waals surface area (Å²) in [4.78, 5) is 24.7. The molecule has 0 aliphatic heterocycles. The van der Waals surface area contributed by atoms with Gasteiger partial charge in [0.2, 0.25) is 0 Å². The smallest absolute Gasteiger partial charge is 0.250 e. The van der Waals surface area contributed by atoms with Crippen LogP contribution in [-0.2, 0) is 0 Å². The molecule has 0 radical (unpaired) electrons. The number of hydrogen-bond donors (Lipinski definition) is 2. The zero-order valence-electron chi connectivity index (χ0n) is 12.7. The van der Waals surface area contributed by atoms with Crippen LogP contribution in [0.25, 0.3) is 0 Å². The Morgan fingerprint density at radius 2 is 1.78 bits per heavy atom. The molecular weight excluding hydrogens is 294 g/mol. The zero-order chi connectivity index (χ0) is 16.4. The van der Waals surface area contributed by atoms with E-state index in [1.54, 1.807) is 10.8 Å². The number of nitrogens with zero attached hydrogens (tertiary/aromatic N) is 1. The van der Waals surface area contributed by atoms with Gasteiger partial charge in [-0.3, -0.25) is 9.59 Å². The fraction of sp³-hybridized carbons (Fsp3) is 0.333. The number of aromatic nitrogens is 1. The molecule has 1 aromatic heterocycles. The minimum atomic E-state index is -0.368. The van der Waals surface area contributed by atoms with Gasteiger partial charge < -0.3 is 14.8 Å². The average molecular weight is 313 g/mol. The highest BCUT2D eigenvalue weighted by atomic mass is 16.3. The maximum atomic E-state index is 12.6. The summed E-state index contributed by atoms with van der Waals surface area (Å²) in [5.74, 6) is -0.747. The van der Waals surface area contributed by atoms with Crippen molar-refractivity contribution in [3.05, 3.63) is 58.0 Å². The fourth-order valence-electron chi connectivity index (χ4n) is 3.15. The van der Waals surface area contributed by atoms with Crippen molar-refractivity contribution in [2.75, 3.05) is 0 Å². The van der Waals surface area contributed by atoms with E-state index in [2.05, 4.69) is 0 Å². The molecule has 1 aliphatic rings. The number of carbonyl (C=O) groups is 1. The number of carbonyl (C=O) groups excluding carboxylic acids is 1. The molecule has 1 heterocycles. The summed E-state index contributed by atoms with van der Waals surface area (Å²) in [7, 11) is 0. The van der Waals surface area contributed by atoms with Crippen LogP contribution in [0.5, 0.6) is 11.5 Å². The van der Waals surface area contributed by atoms with Gasteiger partial charge in [0, 0.05) is 29.9 Å². The Hall–Kier alpha value is -2.56. The normalized spacial score (nSPS) is 15.5. The molecule has 0 bridgehead atoms. The van der Waals surface area contributed by atoms with Crippen LogP contribution in [0.1, 0.15) is 54.1 Å². The third-order valence-electron chi connectivity index (χ3n) is 4.39. The summed E-state index contributed by atoms with van der Waals surface area (Å²) in [6.45, 7) is 0. The lowest BCUT2D eigenvalue weighted by atomic mass is 9.95. The minimum Gasteiger partial charge on any atom is -0.508 e. The molecule has 120 valence electrons. The van der Waals surface area contributed by atoms with Crippen LogP contribution in [0.15, 0.2) is 41.3 Å². The monoisotopic (exact) mass is 313 g/mol. The molecule has 0 unspecified atom stereocenters. The summed E-state index contributed by atoms with van der Waals surface area (Å²) >= 11 is 0. The van der Waals surface area contributed by atoms with Crippen molar-refractivity contribution >= 4 is 5.78 Å². The Morgan fingerprint density at radius 1 is 1.04 bits per heavy atom. The third kappa shape index (κ3) is 3.13. The Balaban J connectivity index is 1.96. The Morgan fingerprint density at radius 3 is 2.48 bits per heavy atom. The molecule has 5 nitrogen and oxygen atoms in total. The number of hydrogen-bond acceptors (Lipinski definition) is 4. The van der Waals surface area contributed by atoms with Gasteiger partial charge >= 0.3 is 0 Å². The van der Waals surface area contributed by atoms with Crippen molar-refractivity contribution < 1.29 is 15.0 Å². The van der Waals surface area contributed by atoms with Crippen LogP contribution in [0.3, 0.4) is 0 Å². The van der Waals surface area contributed by atoms with E-state index in [0.29, 0.717) is 5.56 Å². The molecule has 3 rings (SSSR count).